The maximum absolute atomic E-state index is 13.0. The minimum atomic E-state index is -0.158. The Morgan fingerprint density at radius 2 is 2.00 bits per heavy atom. The summed E-state index contributed by atoms with van der Waals surface area (Å²) in [4.78, 5) is 21.4. The number of amides is 1. The molecule has 0 unspecified atom stereocenters. The van der Waals surface area contributed by atoms with Crippen LogP contribution in [-0.2, 0) is 6.54 Å². The summed E-state index contributed by atoms with van der Waals surface area (Å²) in [5.74, 6) is 1.12. The van der Waals surface area contributed by atoms with E-state index in [1.165, 1.54) is 11.6 Å². The van der Waals surface area contributed by atoms with Crippen LogP contribution in [0.3, 0.4) is 0 Å². The van der Waals surface area contributed by atoms with Crippen LogP contribution in [0.2, 0.25) is 0 Å². The lowest BCUT2D eigenvalue weighted by molar-refractivity contribution is 0.0575. The van der Waals surface area contributed by atoms with Crippen molar-refractivity contribution in [3.8, 4) is 11.5 Å². The van der Waals surface area contributed by atoms with Crippen LogP contribution < -0.4 is 4.74 Å². The van der Waals surface area contributed by atoms with E-state index in [1.54, 1.807) is 19.4 Å². The highest BCUT2D eigenvalue weighted by atomic mass is 16.5. The highest BCUT2D eigenvalue weighted by molar-refractivity contribution is 5.95. The lowest BCUT2D eigenvalue weighted by Gasteiger charge is -2.36. The van der Waals surface area contributed by atoms with Gasteiger partial charge in [-0.3, -0.25) is 9.69 Å². The average Bonchev–Trinajstić information content (AvgIpc) is 2.99. The minimum absolute atomic E-state index is 0.0438. The van der Waals surface area contributed by atoms with Crippen molar-refractivity contribution in [2.45, 2.75) is 25.4 Å². The van der Waals surface area contributed by atoms with Gasteiger partial charge in [0.15, 0.2) is 5.69 Å². The van der Waals surface area contributed by atoms with Crippen molar-refractivity contribution < 1.29 is 14.6 Å². The Morgan fingerprint density at radius 3 is 2.74 bits per heavy atom. The number of carbonyl (C=O) groups excluding carboxylic acids is 1. The number of benzene rings is 1. The molecule has 3 aliphatic heterocycles. The number of hydrogen-bond donors (Lipinski definition) is 1. The van der Waals surface area contributed by atoms with Crippen molar-refractivity contribution in [2.75, 3.05) is 26.7 Å². The second-order valence-electron chi connectivity index (χ2n) is 7.47. The molecule has 27 heavy (non-hydrogen) atoms. The second kappa shape index (κ2) is 7.56. The molecule has 4 heterocycles. The number of hydrogen-bond acceptors (Lipinski definition) is 5. The number of carbonyl (C=O) groups is 1. The number of piperidine rings is 1. The third-order valence-corrected chi connectivity index (χ3v) is 5.60. The van der Waals surface area contributed by atoms with E-state index >= 15 is 0 Å². The number of fused-ring (bicyclic) bond motifs is 4. The van der Waals surface area contributed by atoms with Gasteiger partial charge < -0.3 is 14.7 Å². The minimum Gasteiger partial charge on any atom is -0.505 e. The van der Waals surface area contributed by atoms with Gasteiger partial charge in [0.25, 0.3) is 5.91 Å². The predicted octanol–water partition coefficient (Wildman–Crippen LogP) is 2.53. The molecule has 3 fully saturated rings. The average molecular weight is 367 g/mol. The van der Waals surface area contributed by atoms with Gasteiger partial charge in [-0.25, -0.2) is 4.98 Å². The zero-order chi connectivity index (χ0) is 18.8. The van der Waals surface area contributed by atoms with Gasteiger partial charge in [-0.1, -0.05) is 12.1 Å². The first-order chi connectivity index (χ1) is 13.1. The van der Waals surface area contributed by atoms with Crippen molar-refractivity contribution in [1.82, 2.24) is 14.8 Å². The number of nitrogens with zero attached hydrogens (tertiary/aromatic N) is 3. The molecule has 6 nitrogen and oxygen atoms in total. The Hall–Kier alpha value is -2.60. The molecule has 0 spiro atoms. The monoisotopic (exact) mass is 367 g/mol. The van der Waals surface area contributed by atoms with Crippen molar-refractivity contribution in [3.63, 3.8) is 0 Å². The summed E-state index contributed by atoms with van der Waals surface area (Å²) < 4.78 is 5.23. The summed E-state index contributed by atoms with van der Waals surface area (Å²) in [6.45, 7) is 3.44. The number of rotatable bonds is 4. The number of methoxy groups -OCH3 is 1. The van der Waals surface area contributed by atoms with Crippen molar-refractivity contribution in [2.24, 2.45) is 5.92 Å². The fraction of sp³-hybridized carbons (Fsp3) is 0.429. The molecule has 1 aromatic carbocycles. The summed E-state index contributed by atoms with van der Waals surface area (Å²) in [7, 11) is 1.67. The lowest BCUT2D eigenvalue weighted by Crippen LogP contribution is -2.47. The van der Waals surface area contributed by atoms with Gasteiger partial charge in [-0.05, 0) is 48.6 Å². The molecule has 2 bridgehead atoms. The Bertz CT molecular complexity index is 809. The first kappa shape index (κ1) is 17.8. The zero-order valence-corrected chi connectivity index (χ0v) is 15.5. The fourth-order valence-electron chi connectivity index (χ4n) is 4.24. The molecule has 5 rings (SSSR count). The van der Waals surface area contributed by atoms with Gasteiger partial charge >= 0.3 is 0 Å². The summed E-state index contributed by atoms with van der Waals surface area (Å²) in [6, 6.07) is 11.5. The third kappa shape index (κ3) is 3.76. The van der Waals surface area contributed by atoms with Crippen molar-refractivity contribution in [1.29, 1.82) is 0 Å². The molecular weight excluding hydrogens is 342 g/mol. The molecule has 2 atom stereocenters. The number of aromatic hydroxyl groups is 1. The Morgan fingerprint density at radius 1 is 1.19 bits per heavy atom. The predicted molar refractivity (Wildman–Crippen MR) is 102 cm³/mol. The molecule has 0 saturated carbocycles. The van der Waals surface area contributed by atoms with Crippen LogP contribution in [-0.4, -0.2) is 58.6 Å². The molecule has 0 radical (unpaired) electrons. The van der Waals surface area contributed by atoms with Crippen LogP contribution in [0.15, 0.2) is 42.6 Å². The van der Waals surface area contributed by atoms with E-state index in [1.807, 2.05) is 17.0 Å². The van der Waals surface area contributed by atoms with Gasteiger partial charge in [0.1, 0.15) is 11.5 Å². The molecule has 1 aromatic heterocycles. The Kier molecular flexibility index (Phi) is 4.99. The summed E-state index contributed by atoms with van der Waals surface area (Å²) in [5, 5.41) is 10.0. The number of pyridine rings is 1. The van der Waals surface area contributed by atoms with Crippen LogP contribution >= 0.6 is 0 Å². The number of aromatic nitrogens is 1. The van der Waals surface area contributed by atoms with E-state index in [9.17, 15) is 9.90 Å². The molecule has 1 amide bonds. The Labute approximate surface area is 159 Å². The van der Waals surface area contributed by atoms with Crippen LogP contribution in [0.5, 0.6) is 11.5 Å². The molecule has 0 aliphatic carbocycles. The molecule has 3 saturated heterocycles. The topological polar surface area (TPSA) is 65.9 Å². The van der Waals surface area contributed by atoms with Gasteiger partial charge in [0.2, 0.25) is 0 Å². The molecule has 2 aromatic rings. The first-order valence-corrected chi connectivity index (χ1v) is 9.44. The lowest BCUT2D eigenvalue weighted by atomic mass is 9.94. The van der Waals surface area contributed by atoms with Gasteiger partial charge in [0.05, 0.1) is 7.11 Å². The smallest absolute Gasteiger partial charge is 0.276 e. The van der Waals surface area contributed by atoms with Gasteiger partial charge in [0, 0.05) is 38.4 Å². The molecule has 1 N–H and O–H groups in total. The first-order valence-electron chi connectivity index (χ1n) is 9.44. The van der Waals surface area contributed by atoms with E-state index < -0.39 is 0 Å². The normalized spacial score (nSPS) is 22.5. The molecule has 6 heteroatoms. The summed E-state index contributed by atoms with van der Waals surface area (Å²) >= 11 is 0. The standard InChI is InChI=1S/C21H25N3O3/c1-27-18-8-5-15(6-9-18)11-23-12-16-4-7-17(14-23)24(13-16)21(26)20-19(25)3-2-10-22-20/h2-3,5-6,8-10,16-17,25H,4,7,11-14H2,1H3/t16-,17+/m1/s1. The van der Waals surface area contributed by atoms with Crippen molar-refractivity contribution >= 4 is 5.91 Å². The molecular formula is C21H25N3O3. The Balaban J connectivity index is 1.48. The highest BCUT2D eigenvalue weighted by Gasteiger charge is 2.38. The molecule has 142 valence electrons. The maximum atomic E-state index is 13.0. The van der Waals surface area contributed by atoms with Gasteiger partial charge in [-0.2, -0.15) is 0 Å². The second-order valence-corrected chi connectivity index (χ2v) is 7.47. The van der Waals surface area contributed by atoms with E-state index in [4.69, 9.17) is 4.74 Å². The van der Waals surface area contributed by atoms with Crippen LogP contribution in [0.25, 0.3) is 0 Å². The van der Waals surface area contributed by atoms with E-state index in [0.717, 1.165) is 44.8 Å². The van der Waals surface area contributed by atoms with E-state index in [-0.39, 0.29) is 23.4 Å². The largest absolute Gasteiger partial charge is 0.505 e. The molecule has 3 aliphatic rings. The van der Waals surface area contributed by atoms with Crippen LogP contribution in [0.4, 0.5) is 0 Å². The van der Waals surface area contributed by atoms with Crippen LogP contribution in [0.1, 0.15) is 28.9 Å². The SMILES string of the molecule is COc1ccc(CN2C[C@H]3CC[C@@H](C2)N(C(=O)c2ncccc2O)C3)cc1. The zero-order valence-electron chi connectivity index (χ0n) is 15.5. The fourth-order valence-corrected chi connectivity index (χ4v) is 4.24. The third-order valence-electron chi connectivity index (χ3n) is 5.60. The maximum Gasteiger partial charge on any atom is 0.276 e. The summed E-state index contributed by atoms with van der Waals surface area (Å²) in [6.07, 6.45) is 3.70. The quantitative estimate of drug-likeness (QED) is 0.900. The van der Waals surface area contributed by atoms with E-state index in [2.05, 4.69) is 22.0 Å². The number of ether oxygens (including phenoxy) is 1. The van der Waals surface area contributed by atoms with Crippen molar-refractivity contribution in [3.05, 3.63) is 53.9 Å². The summed E-state index contributed by atoms with van der Waals surface area (Å²) in [5.41, 5.74) is 1.41. The highest BCUT2D eigenvalue weighted by Crippen LogP contribution is 2.31. The van der Waals surface area contributed by atoms with Gasteiger partial charge in [-0.15, -0.1) is 0 Å². The van der Waals surface area contributed by atoms with E-state index in [0.29, 0.717) is 5.92 Å². The van der Waals surface area contributed by atoms with Crippen LogP contribution in [0, 0.1) is 5.92 Å².